The van der Waals surface area contributed by atoms with E-state index in [1.807, 2.05) is 11.9 Å². The number of hydrogen-bond donors (Lipinski definition) is 2. The molecule has 17 heavy (non-hydrogen) atoms. The maximum absolute atomic E-state index is 11.1. The molecule has 0 aliphatic carbocycles. The van der Waals surface area contributed by atoms with E-state index in [-0.39, 0.29) is 12.5 Å². The van der Waals surface area contributed by atoms with E-state index in [9.17, 15) is 4.79 Å². The molecule has 1 rings (SSSR count). The van der Waals surface area contributed by atoms with Gasteiger partial charge in [-0.1, -0.05) is 5.16 Å². The second kappa shape index (κ2) is 6.51. The molecule has 0 saturated carbocycles. The first-order valence-corrected chi connectivity index (χ1v) is 5.19. The van der Waals surface area contributed by atoms with Crippen LogP contribution in [0.1, 0.15) is 5.69 Å². The Morgan fingerprint density at radius 1 is 1.65 bits per heavy atom. The van der Waals surface area contributed by atoms with Crippen molar-refractivity contribution in [1.29, 1.82) is 0 Å². The second-order valence-corrected chi connectivity index (χ2v) is 3.42. The summed E-state index contributed by atoms with van der Waals surface area (Å²) in [7, 11) is 5.10. The molecule has 0 fully saturated rings. The fourth-order valence-electron chi connectivity index (χ4n) is 1.27. The lowest BCUT2D eigenvalue weighted by Gasteiger charge is -2.20. The lowest BCUT2D eigenvalue weighted by Crippen LogP contribution is -2.43. The van der Waals surface area contributed by atoms with Crippen LogP contribution >= 0.6 is 0 Å². The molecule has 0 atom stereocenters. The zero-order valence-electron chi connectivity index (χ0n) is 10.2. The molecule has 1 aromatic heterocycles. The summed E-state index contributed by atoms with van der Waals surface area (Å²) in [5.41, 5.74) is 0.801. The number of hydrogen-bond acceptors (Lipinski definition) is 4. The topological polar surface area (TPSA) is 82.8 Å². The summed E-state index contributed by atoms with van der Waals surface area (Å²) in [6.45, 7) is 0.746. The van der Waals surface area contributed by atoms with Gasteiger partial charge in [-0.15, -0.1) is 0 Å². The van der Waals surface area contributed by atoms with Gasteiger partial charge in [-0.25, -0.2) is 0 Å². The van der Waals surface area contributed by atoms with E-state index in [0.29, 0.717) is 12.5 Å². The Kier molecular flexibility index (Phi) is 4.99. The fourth-order valence-corrected chi connectivity index (χ4v) is 1.27. The molecule has 0 aliphatic heterocycles. The molecule has 0 unspecified atom stereocenters. The molecule has 0 saturated heterocycles. The summed E-state index contributed by atoms with van der Waals surface area (Å²) >= 11 is 0. The average molecular weight is 239 g/mol. The smallest absolute Gasteiger partial charge is 0.239 e. The molecule has 1 heterocycles. The first-order chi connectivity index (χ1) is 8.17. The number of carbonyl (C=O) groups excluding carboxylic acids is 1. The van der Waals surface area contributed by atoms with Crippen LogP contribution in [-0.2, 0) is 11.3 Å². The summed E-state index contributed by atoms with van der Waals surface area (Å²) in [5, 5.41) is 9.27. The molecule has 0 radical (unpaired) electrons. The minimum Gasteiger partial charge on any atom is -0.364 e. The van der Waals surface area contributed by atoms with Crippen molar-refractivity contribution in [3.05, 3.63) is 18.0 Å². The standard InChI is InChI=1S/C10H17N5O2/c1-11-9(16)6-13-10(12-2)15(3)7-8-4-5-17-14-8/h4-5H,6-7H2,1-3H3,(H,11,16)(H,12,13). The van der Waals surface area contributed by atoms with E-state index in [1.54, 1.807) is 20.2 Å². The highest BCUT2D eigenvalue weighted by Crippen LogP contribution is 1.99. The minimum atomic E-state index is -0.0963. The van der Waals surface area contributed by atoms with E-state index in [2.05, 4.69) is 20.8 Å². The van der Waals surface area contributed by atoms with Gasteiger partial charge < -0.3 is 20.1 Å². The Balaban J connectivity index is 2.47. The van der Waals surface area contributed by atoms with Gasteiger partial charge in [-0.05, 0) is 0 Å². The van der Waals surface area contributed by atoms with Crippen LogP contribution < -0.4 is 10.6 Å². The number of likely N-dealkylation sites (N-methyl/N-ethyl adjacent to an activating group) is 1. The van der Waals surface area contributed by atoms with E-state index in [4.69, 9.17) is 4.52 Å². The highest BCUT2D eigenvalue weighted by molar-refractivity contribution is 5.86. The van der Waals surface area contributed by atoms with E-state index >= 15 is 0 Å². The van der Waals surface area contributed by atoms with Crippen LogP contribution in [0.25, 0.3) is 0 Å². The van der Waals surface area contributed by atoms with Crippen LogP contribution in [0.15, 0.2) is 21.8 Å². The van der Waals surface area contributed by atoms with Gasteiger partial charge in [0.25, 0.3) is 0 Å². The normalized spacial score (nSPS) is 11.1. The van der Waals surface area contributed by atoms with E-state index < -0.39 is 0 Å². The van der Waals surface area contributed by atoms with Crippen LogP contribution in [0.3, 0.4) is 0 Å². The van der Waals surface area contributed by atoms with Crippen LogP contribution in [0.5, 0.6) is 0 Å². The summed E-state index contributed by atoms with van der Waals surface area (Å²) < 4.78 is 4.74. The van der Waals surface area contributed by atoms with E-state index in [1.165, 1.54) is 6.26 Å². The molecule has 7 nitrogen and oxygen atoms in total. The SMILES string of the molecule is CN=C(NCC(=O)NC)N(C)Cc1ccon1. The third kappa shape index (κ3) is 4.13. The molecular formula is C10H17N5O2. The molecule has 0 aromatic carbocycles. The molecule has 0 bridgehead atoms. The Bertz CT molecular complexity index is 374. The lowest BCUT2D eigenvalue weighted by atomic mass is 10.4. The van der Waals surface area contributed by atoms with Gasteiger partial charge in [0.05, 0.1) is 13.1 Å². The highest BCUT2D eigenvalue weighted by Gasteiger charge is 2.09. The Hall–Kier alpha value is -2.05. The van der Waals surface area contributed by atoms with Crippen LogP contribution in [0.4, 0.5) is 0 Å². The number of amides is 1. The largest absolute Gasteiger partial charge is 0.364 e. The number of carbonyl (C=O) groups is 1. The molecule has 94 valence electrons. The summed E-state index contributed by atoms with van der Waals surface area (Å²) in [4.78, 5) is 17.0. The van der Waals surface area contributed by atoms with Crippen molar-refractivity contribution in [2.75, 3.05) is 27.7 Å². The van der Waals surface area contributed by atoms with Gasteiger partial charge >= 0.3 is 0 Å². The van der Waals surface area contributed by atoms with Crippen molar-refractivity contribution in [3.8, 4) is 0 Å². The van der Waals surface area contributed by atoms with Crippen molar-refractivity contribution in [3.63, 3.8) is 0 Å². The maximum Gasteiger partial charge on any atom is 0.239 e. The third-order valence-corrected chi connectivity index (χ3v) is 2.15. The zero-order chi connectivity index (χ0) is 12.7. The van der Waals surface area contributed by atoms with Crippen LogP contribution in [-0.4, -0.2) is 49.6 Å². The Morgan fingerprint density at radius 2 is 2.41 bits per heavy atom. The molecule has 2 N–H and O–H groups in total. The number of rotatable bonds is 4. The highest BCUT2D eigenvalue weighted by atomic mass is 16.5. The summed E-state index contributed by atoms with van der Waals surface area (Å²) in [6, 6.07) is 1.78. The fraction of sp³-hybridized carbons (Fsp3) is 0.500. The van der Waals surface area contributed by atoms with Crippen molar-refractivity contribution in [2.24, 2.45) is 4.99 Å². The van der Waals surface area contributed by atoms with Crippen molar-refractivity contribution in [1.82, 2.24) is 20.7 Å². The molecular weight excluding hydrogens is 222 g/mol. The monoisotopic (exact) mass is 239 g/mol. The van der Waals surface area contributed by atoms with Gasteiger partial charge in [0.1, 0.15) is 12.0 Å². The first kappa shape index (κ1) is 13.0. The quantitative estimate of drug-likeness (QED) is 0.543. The number of guanidine groups is 1. The molecule has 0 spiro atoms. The number of aliphatic imine (C=N–C) groups is 1. The minimum absolute atomic E-state index is 0.0963. The van der Waals surface area contributed by atoms with Gasteiger partial charge in [0, 0.05) is 27.2 Å². The van der Waals surface area contributed by atoms with Crippen molar-refractivity contribution >= 4 is 11.9 Å². The Morgan fingerprint density at radius 3 is 2.94 bits per heavy atom. The van der Waals surface area contributed by atoms with Gasteiger partial charge in [0.2, 0.25) is 5.91 Å². The number of nitrogens with zero attached hydrogens (tertiary/aromatic N) is 3. The summed E-state index contributed by atoms with van der Waals surface area (Å²) in [5.74, 6) is 0.526. The van der Waals surface area contributed by atoms with Crippen molar-refractivity contribution in [2.45, 2.75) is 6.54 Å². The molecule has 1 amide bonds. The molecule has 7 heteroatoms. The first-order valence-electron chi connectivity index (χ1n) is 5.19. The van der Waals surface area contributed by atoms with Crippen LogP contribution in [0, 0.1) is 0 Å². The maximum atomic E-state index is 11.1. The van der Waals surface area contributed by atoms with E-state index in [0.717, 1.165) is 5.69 Å². The zero-order valence-corrected chi connectivity index (χ0v) is 10.2. The number of aromatic nitrogens is 1. The predicted molar refractivity (Wildman–Crippen MR) is 63.4 cm³/mol. The predicted octanol–water partition coefficient (Wildman–Crippen LogP) is -0.572. The average Bonchev–Trinajstić information content (AvgIpc) is 2.82. The lowest BCUT2D eigenvalue weighted by molar-refractivity contribution is -0.119. The number of nitrogens with one attached hydrogen (secondary N) is 2. The second-order valence-electron chi connectivity index (χ2n) is 3.42. The van der Waals surface area contributed by atoms with Crippen molar-refractivity contribution < 1.29 is 9.32 Å². The third-order valence-electron chi connectivity index (χ3n) is 2.15. The van der Waals surface area contributed by atoms with Gasteiger partial charge in [0.15, 0.2) is 5.96 Å². The molecule has 0 aliphatic rings. The van der Waals surface area contributed by atoms with Gasteiger partial charge in [-0.2, -0.15) is 0 Å². The van der Waals surface area contributed by atoms with Crippen LogP contribution in [0.2, 0.25) is 0 Å². The van der Waals surface area contributed by atoms with Gasteiger partial charge in [-0.3, -0.25) is 9.79 Å². The Labute approximate surface area is 99.9 Å². The molecule has 1 aromatic rings. The summed E-state index contributed by atoms with van der Waals surface area (Å²) in [6.07, 6.45) is 1.52.